The van der Waals surface area contributed by atoms with Crippen LogP contribution in [0.15, 0.2) is 41.3 Å². The summed E-state index contributed by atoms with van der Waals surface area (Å²) in [6.07, 6.45) is 0. The molecule has 25 heavy (non-hydrogen) atoms. The quantitative estimate of drug-likeness (QED) is 0.913. The predicted molar refractivity (Wildman–Crippen MR) is 96.7 cm³/mol. The van der Waals surface area contributed by atoms with Crippen molar-refractivity contribution in [2.24, 2.45) is 0 Å². The normalized spacial score (nSPS) is 13.8. The van der Waals surface area contributed by atoms with E-state index < -0.39 is 10.0 Å². The molecule has 0 unspecified atom stereocenters. The average Bonchev–Trinajstić information content (AvgIpc) is 2.52. The van der Waals surface area contributed by atoms with Crippen molar-refractivity contribution in [3.8, 4) is 5.75 Å². The van der Waals surface area contributed by atoms with Crippen LogP contribution in [0, 0.1) is 13.8 Å². The molecule has 1 aliphatic rings. The van der Waals surface area contributed by atoms with Gasteiger partial charge in [-0.2, -0.15) is 0 Å². The van der Waals surface area contributed by atoms with E-state index in [1.54, 1.807) is 44.2 Å². The Kier molecular flexibility index (Phi) is 4.43. The first kappa shape index (κ1) is 17.3. The summed E-state index contributed by atoms with van der Waals surface area (Å²) in [5.74, 6) is 0.360. The van der Waals surface area contributed by atoms with E-state index in [1.165, 1.54) is 11.2 Å². The molecule has 0 saturated carbocycles. The average molecular weight is 360 g/mol. The molecule has 0 bridgehead atoms. The van der Waals surface area contributed by atoms with Gasteiger partial charge in [-0.25, -0.2) is 8.42 Å². The molecule has 1 aliphatic heterocycles. The Morgan fingerprint density at radius 3 is 2.44 bits per heavy atom. The molecule has 3 rings (SSSR count). The molecule has 1 heterocycles. The molecular formula is C18H20N2O4S. The van der Waals surface area contributed by atoms with Gasteiger partial charge in [0.1, 0.15) is 12.4 Å². The SMILES string of the molecule is CC(=O)Nc1cc(C)c(S(=O)(=O)N2CCOc3ccccc32)c(C)c1. The van der Waals surface area contributed by atoms with Crippen LogP contribution < -0.4 is 14.4 Å². The fourth-order valence-electron chi connectivity index (χ4n) is 3.14. The fourth-order valence-corrected chi connectivity index (χ4v) is 5.01. The van der Waals surface area contributed by atoms with Crippen LogP contribution in [0.5, 0.6) is 5.75 Å². The highest BCUT2D eigenvalue weighted by Gasteiger charge is 2.32. The topological polar surface area (TPSA) is 75.7 Å². The van der Waals surface area contributed by atoms with Gasteiger partial charge in [-0.3, -0.25) is 9.10 Å². The Bertz CT molecular complexity index is 915. The van der Waals surface area contributed by atoms with E-state index in [9.17, 15) is 13.2 Å². The number of sulfonamides is 1. The summed E-state index contributed by atoms with van der Waals surface area (Å²) in [6, 6.07) is 10.4. The van der Waals surface area contributed by atoms with Gasteiger partial charge < -0.3 is 10.1 Å². The number of benzene rings is 2. The van der Waals surface area contributed by atoms with E-state index in [-0.39, 0.29) is 17.3 Å². The summed E-state index contributed by atoms with van der Waals surface area (Å²) in [4.78, 5) is 11.5. The zero-order valence-corrected chi connectivity index (χ0v) is 15.2. The first-order valence-corrected chi connectivity index (χ1v) is 9.38. The number of para-hydroxylation sites is 2. The van der Waals surface area contributed by atoms with Gasteiger partial charge in [-0.15, -0.1) is 0 Å². The molecule has 132 valence electrons. The zero-order chi connectivity index (χ0) is 18.2. The molecule has 6 nitrogen and oxygen atoms in total. The minimum atomic E-state index is -3.74. The van der Waals surface area contributed by atoms with E-state index in [4.69, 9.17) is 4.74 Å². The summed E-state index contributed by atoms with van der Waals surface area (Å²) in [5, 5.41) is 2.69. The summed E-state index contributed by atoms with van der Waals surface area (Å²) >= 11 is 0. The Labute approximate surface area is 147 Å². The van der Waals surface area contributed by atoms with Crippen LogP contribution in [0.3, 0.4) is 0 Å². The zero-order valence-electron chi connectivity index (χ0n) is 14.4. The number of nitrogens with one attached hydrogen (secondary N) is 1. The molecule has 1 amide bonds. The van der Waals surface area contributed by atoms with Gasteiger partial charge >= 0.3 is 0 Å². The summed E-state index contributed by atoms with van der Waals surface area (Å²) < 4.78 is 33.6. The Morgan fingerprint density at radius 2 is 1.80 bits per heavy atom. The number of aryl methyl sites for hydroxylation is 2. The van der Waals surface area contributed by atoms with Crippen molar-refractivity contribution in [1.82, 2.24) is 0 Å². The molecule has 0 aromatic heterocycles. The molecular weight excluding hydrogens is 340 g/mol. The van der Waals surface area contributed by atoms with E-state index in [0.29, 0.717) is 34.9 Å². The first-order valence-electron chi connectivity index (χ1n) is 7.94. The standard InChI is InChI=1S/C18H20N2O4S/c1-12-10-15(19-14(3)21)11-13(2)18(12)25(22,23)20-8-9-24-17-7-5-4-6-16(17)20/h4-7,10-11H,8-9H2,1-3H3,(H,19,21). The second kappa shape index (κ2) is 6.40. The van der Waals surface area contributed by atoms with Gasteiger partial charge in [0.2, 0.25) is 5.91 Å². The lowest BCUT2D eigenvalue weighted by molar-refractivity contribution is -0.114. The molecule has 2 aromatic carbocycles. The van der Waals surface area contributed by atoms with Crippen LogP contribution in [0.4, 0.5) is 11.4 Å². The van der Waals surface area contributed by atoms with Crippen LogP contribution in [0.1, 0.15) is 18.1 Å². The molecule has 2 aromatic rings. The van der Waals surface area contributed by atoms with Crippen molar-refractivity contribution in [1.29, 1.82) is 0 Å². The van der Waals surface area contributed by atoms with Gasteiger partial charge in [-0.1, -0.05) is 12.1 Å². The predicted octanol–water partition coefficient (Wildman–Crippen LogP) is 2.85. The molecule has 0 spiro atoms. The van der Waals surface area contributed by atoms with Gasteiger partial charge in [0.25, 0.3) is 10.0 Å². The van der Waals surface area contributed by atoms with Gasteiger partial charge in [-0.05, 0) is 49.2 Å². The summed E-state index contributed by atoms with van der Waals surface area (Å²) in [5.41, 5.74) is 2.31. The first-order chi connectivity index (χ1) is 11.8. The number of fused-ring (bicyclic) bond motifs is 1. The molecule has 0 radical (unpaired) electrons. The molecule has 0 saturated heterocycles. The van der Waals surface area contributed by atoms with Crippen molar-refractivity contribution in [3.05, 3.63) is 47.5 Å². The fraction of sp³-hybridized carbons (Fsp3) is 0.278. The van der Waals surface area contributed by atoms with E-state index >= 15 is 0 Å². The van der Waals surface area contributed by atoms with Crippen molar-refractivity contribution in [2.75, 3.05) is 22.8 Å². The Hall–Kier alpha value is -2.54. The monoisotopic (exact) mass is 360 g/mol. The van der Waals surface area contributed by atoms with Gasteiger partial charge in [0.05, 0.1) is 17.1 Å². The largest absolute Gasteiger partial charge is 0.489 e. The second-order valence-electron chi connectivity index (χ2n) is 6.01. The van der Waals surface area contributed by atoms with E-state index in [1.807, 2.05) is 6.07 Å². The summed E-state index contributed by atoms with van der Waals surface area (Å²) in [6.45, 7) is 5.44. The van der Waals surface area contributed by atoms with Crippen molar-refractivity contribution >= 4 is 27.3 Å². The number of amides is 1. The van der Waals surface area contributed by atoms with Gasteiger partial charge in [0.15, 0.2) is 0 Å². The molecule has 7 heteroatoms. The lowest BCUT2D eigenvalue weighted by Gasteiger charge is -2.31. The van der Waals surface area contributed by atoms with E-state index in [0.717, 1.165) is 0 Å². The molecule has 0 atom stereocenters. The maximum Gasteiger partial charge on any atom is 0.265 e. The highest BCUT2D eigenvalue weighted by molar-refractivity contribution is 7.93. The highest BCUT2D eigenvalue weighted by Crippen LogP contribution is 2.36. The lowest BCUT2D eigenvalue weighted by Crippen LogP contribution is -2.38. The number of hydrogen-bond donors (Lipinski definition) is 1. The maximum absolute atomic E-state index is 13.3. The lowest BCUT2D eigenvalue weighted by atomic mass is 10.1. The number of hydrogen-bond acceptors (Lipinski definition) is 4. The van der Waals surface area contributed by atoms with Crippen molar-refractivity contribution in [2.45, 2.75) is 25.7 Å². The molecule has 0 fully saturated rings. The molecule has 1 N–H and O–H groups in total. The van der Waals surface area contributed by atoms with Crippen LogP contribution in [0.2, 0.25) is 0 Å². The van der Waals surface area contributed by atoms with Crippen molar-refractivity contribution < 1.29 is 17.9 Å². The van der Waals surface area contributed by atoms with E-state index in [2.05, 4.69) is 5.32 Å². The van der Waals surface area contributed by atoms with Crippen molar-refractivity contribution in [3.63, 3.8) is 0 Å². The minimum absolute atomic E-state index is 0.198. The summed E-state index contributed by atoms with van der Waals surface area (Å²) in [7, 11) is -3.74. The number of nitrogens with zero attached hydrogens (tertiary/aromatic N) is 1. The third kappa shape index (κ3) is 3.19. The van der Waals surface area contributed by atoms with Gasteiger partial charge in [0, 0.05) is 12.6 Å². The molecule has 0 aliphatic carbocycles. The number of rotatable bonds is 3. The number of carbonyl (C=O) groups is 1. The van der Waals surface area contributed by atoms with Crippen LogP contribution in [-0.4, -0.2) is 27.5 Å². The Balaban J connectivity index is 2.09. The highest BCUT2D eigenvalue weighted by atomic mass is 32.2. The third-order valence-electron chi connectivity index (χ3n) is 4.01. The smallest absolute Gasteiger partial charge is 0.265 e. The number of carbonyl (C=O) groups excluding carboxylic acids is 1. The number of anilines is 2. The third-order valence-corrected chi connectivity index (χ3v) is 6.13. The second-order valence-corrected chi connectivity index (χ2v) is 7.81. The minimum Gasteiger partial charge on any atom is -0.489 e. The van der Waals surface area contributed by atoms with Crippen LogP contribution in [-0.2, 0) is 14.8 Å². The van der Waals surface area contributed by atoms with Crippen LogP contribution >= 0.6 is 0 Å². The number of ether oxygens (including phenoxy) is 1. The van der Waals surface area contributed by atoms with Crippen LogP contribution in [0.25, 0.3) is 0 Å². The maximum atomic E-state index is 13.3. The Morgan fingerprint density at radius 1 is 1.16 bits per heavy atom.